The van der Waals surface area contributed by atoms with Gasteiger partial charge in [-0.1, -0.05) is 25.1 Å². The summed E-state index contributed by atoms with van der Waals surface area (Å²) in [5.41, 5.74) is -0.140. The first-order valence-corrected chi connectivity index (χ1v) is 6.96. The molecule has 1 aromatic rings. The van der Waals surface area contributed by atoms with Crippen molar-refractivity contribution in [2.24, 2.45) is 5.92 Å². The molecule has 2 nitrogen and oxygen atoms in total. The average molecular weight is 286 g/mol. The van der Waals surface area contributed by atoms with E-state index >= 15 is 0 Å². The molecular formula is C15H21F3N2. The van der Waals surface area contributed by atoms with Crippen molar-refractivity contribution in [1.82, 2.24) is 10.2 Å². The number of likely N-dealkylation sites (tertiary alicyclic amines) is 1. The molecule has 1 saturated heterocycles. The molecule has 1 aliphatic heterocycles. The SMILES string of the molecule is CNC1CCN(Cc2ccccc2C(F)(F)F)CC1C. The van der Waals surface area contributed by atoms with Crippen LogP contribution in [0.2, 0.25) is 0 Å². The summed E-state index contributed by atoms with van der Waals surface area (Å²) >= 11 is 0. The predicted octanol–water partition coefficient (Wildman–Crippen LogP) is 3.14. The fourth-order valence-electron chi connectivity index (χ4n) is 2.98. The Kier molecular flexibility index (Phi) is 4.70. The summed E-state index contributed by atoms with van der Waals surface area (Å²) in [6.07, 6.45) is -3.29. The molecule has 0 spiro atoms. The second-order valence-corrected chi connectivity index (χ2v) is 5.55. The highest BCUT2D eigenvalue weighted by molar-refractivity contribution is 5.29. The highest BCUT2D eigenvalue weighted by Crippen LogP contribution is 2.32. The van der Waals surface area contributed by atoms with Gasteiger partial charge in [-0.05, 0) is 37.6 Å². The Hall–Kier alpha value is -1.07. The van der Waals surface area contributed by atoms with E-state index in [1.165, 1.54) is 12.1 Å². The van der Waals surface area contributed by atoms with Gasteiger partial charge in [0.05, 0.1) is 5.56 Å². The normalized spacial score (nSPS) is 24.9. The minimum atomic E-state index is -4.27. The van der Waals surface area contributed by atoms with Crippen LogP contribution in [0, 0.1) is 5.92 Å². The summed E-state index contributed by atoms with van der Waals surface area (Å²) in [4.78, 5) is 2.11. The summed E-state index contributed by atoms with van der Waals surface area (Å²) in [6, 6.07) is 6.33. The van der Waals surface area contributed by atoms with E-state index in [-0.39, 0.29) is 0 Å². The number of alkyl halides is 3. The first-order valence-electron chi connectivity index (χ1n) is 6.96. The number of hydrogen-bond donors (Lipinski definition) is 1. The number of benzene rings is 1. The fraction of sp³-hybridized carbons (Fsp3) is 0.600. The molecule has 1 aliphatic rings. The molecule has 20 heavy (non-hydrogen) atoms. The molecular weight excluding hydrogens is 265 g/mol. The number of nitrogens with zero attached hydrogens (tertiary/aromatic N) is 1. The lowest BCUT2D eigenvalue weighted by Gasteiger charge is -2.37. The molecule has 112 valence electrons. The molecule has 2 atom stereocenters. The van der Waals surface area contributed by atoms with Gasteiger partial charge in [0.1, 0.15) is 0 Å². The molecule has 0 aromatic heterocycles. The summed E-state index contributed by atoms with van der Waals surface area (Å²) in [5.74, 6) is 0.451. The van der Waals surface area contributed by atoms with Crippen LogP contribution in [0.1, 0.15) is 24.5 Å². The maximum Gasteiger partial charge on any atom is 0.416 e. The van der Waals surface area contributed by atoms with Gasteiger partial charge >= 0.3 is 6.18 Å². The van der Waals surface area contributed by atoms with Gasteiger partial charge in [0.2, 0.25) is 0 Å². The smallest absolute Gasteiger partial charge is 0.317 e. The van der Waals surface area contributed by atoms with Gasteiger partial charge in [0.15, 0.2) is 0 Å². The van der Waals surface area contributed by atoms with Crippen molar-refractivity contribution in [3.63, 3.8) is 0 Å². The van der Waals surface area contributed by atoms with E-state index in [2.05, 4.69) is 17.1 Å². The number of halogens is 3. The number of piperidine rings is 1. The Balaban J connectivity index is 2.08. The van der Waals surface area contributed by atoms with E-state index in [9.17, 15) is 13.2 Å². The third-order valence-corrected chi connectivity index (χ3v) is 4.08. The van der Waals surface area contributed by atoms with Gasteiger partial charge in [-0.3, -0.25) is 4.90 Å². The summed E-state index contributed by atoms with van der Waals surface area (Å²) in [5, 5.41) is 3.27. The Morgan fingerprint density at radius 2 is 2.00 bits per heavy atom. The fourth-order valence-corrected chi connectivity index (χ4v) is 2.98. The minimum absolute atomic E-state index is 0.370. The van der Waals surface area contributed by atoms with E-state index in [1.54, 1.807) is 12.1 Å². The lowest BCUT2D eigenvalue weighted by molar-refractivity contribution is -0.138. The quantitative estimate of drug-likeness (QED) is 0.918. The highest BCUT2D eigenvalue weighted by Gasteiger charge is 2.34. The lowest BCUT2D eigenvalue weighted by Crippen LogP contribution is -2.46. The summed E-state index contributed by atoms with van der Waals surface area (Å²) in [6.45, 7) is 4.18. The third kappa shape index (κ3) is 3.52. The molecule has 1 heterocycles. The van der Waals surface area contributed by atoms with Crippen LogP contribution in [0.25, 0.3) is 0 Å². The Bertz CT molecular complexity index is 445. The number of nitrogens with one attached hydrogen (secondary N) is 1. The van der Waals surface area contributed by atoms with Crippen LogP contribution >= 0.6 is 0 Å². The van der Waals surface area contributed by atoms with E-state index < -0.39 is 11.7 Å². The van der Waals surface area contributed by atoms with Gasteiger partial charge < -0.3 is 5.32 Å². The molecule has 0 bridgehead atoms. The van der Waals surface area contributed by atoms with Gasteiger partial charge in [-0.25, -0.2) is 0 Å². The maximum atomic E-state index is 13.0. The molecule has 0 aliphatic carbocycles. The van der Waals surface area contributed by atoms with Crippen molar-refractivity contribution in [3.05, 3.63) is 35.4 Å². The van der Waals surface area contributed by atoms with Crippen molar-refractivity contribution in [3.8, 4) is 0 Å². The Morgan fingerprint density at radius 3 is 2.60 bits per heavy atom. The first kappa shape index (κ1) is 15.3. The van der Waals surface area contributed by atoms with E-state index in [0.29, 0.717) is 24.1 Å². The van der Waals surface area contributed by atoms with Crippen molar-refractivity contribution in [2.75, 3.05) is 20.1 Å². The monoisotopic (exact) mass is 286 g/mol. The molecule has 0 saturated carbocycles. The van der Waals surface area contributed by atoms with Crippen molar-refractivity contribution >= 4 is 0 Å². The summed E-state index contributed by atoms with van der Waals surface area (Å²) < 4.78 is 38.9. The number of hydrogen-bond acceptors (Lipinski definition) is 2. The van der Waals surface area contributed by atoms with Crippen LogP contribution in [-0.4, -0.2) is 31.1 Å². The largest absolute Gasteiger partial charge is 0.416 e. The zero-order valence-corrected chi connectivity index (χ0v) is 11.9. The first-order chi connectivity index (χ1) is 9.41. The topological polar surface area (TPSA) is 15.3 Å². The van der Waals surface area contributed by atoms with Crippen LogP contribution < -0.4 is 5.32 Å². The zero-order chi connectivity index (χ0) is 14.8. The predicted molar refractivity (Wildman–Crippen MR) is 73.3 cm³/mol. The molecule has 2 rings (SSSR count). The summed E-state index contributed by atoms with van der Waals surface area (Å²) in [7, 11) is 1.94. The Morgan fingerprint density at radius 1 is 1.30 bits per heavy atom. The van der Waals surface area contributed by atoms with Crippen molar-refractivity contribution in [2.45, 2.75) is 32.1 Å². The minimum Gasteiger partial charge on any atom is -0.317 e. The van der Waals surface area contributed by atoms with Crippen molar-refractivity contribution in [1.29, 1.82) is 0 Å². The van der Waals surface area contributed by atoms with Crippen LogP contribution in [-0.2, 0) is 12.7 Å². The van der Waals surface area contributed by atoms with Crippen LogP contribution in [0.15, 0.2) is 24.3 Å². The molecule has 5 heteroatoms. The number of rotatable bonds is 3. The second-order valence-electron chi connectivity index (χ2n) is 5.55. The molecule has 1 fully saturated rings. The van der Waals surface area contributed by atoms with Gasteiger partial charge in [0.25, 0.3) is 0 Å². The van der Waals surface area contributed by atoms with E-state index in [0.717, 1.165) is 19.5 Å². The van der Waals surface area contributed by atoms with E-state index in [4.69, 9.17) is 0 Å². The molecule has 0 amide bonds. The van der Waals surface area contributed by atoms with E-state index in [1.807, 2.05) is 7.05 Å². The van der Waals surface area contributed by atoms with Crippen LogP contribution in [0.3, 0.4) is 0 Å². The molecule has 2 unspecified atom stereocenters. The molecule has 1 aromatic carbocycles. The maximum absolute atomic E-state index is 13.0. The standard InChI is InChI=1S/C15H21F3N2/c1-11-9-20(8-7-14(11)19-2)10-12-5-3-4-6-13(12)15(16,17)18/h3-6,11,14,19H,7-10H2,1-2H3. The average Bonchev–Trinajstić information content (AvgIpc) is 2.38. The van der Waals surface area contributed by atoms with Crippen LogP contribution in [0.5, 0.6) is 0 Å². The lowest BCUT2D eigenvalue weighted by atomic mass is 9.93. The third-order valence-electron chi connectivity index (χ3n) is 4.08. The van der Waals surface area contributed by atoms with Gasteiger partial charge in [-0.2, -0.15) is 13.2 Å². The zero-order valence-electron chi connectivity index (χ0n) is 11.9. The van der Waals surface area contributed by atoms with Gasteiger partial charge in [-0.15, -0.1) is 0 Å². The molecule has 0 radical (unpaired) electrons. The Labute approximate surface area is 118 Å². The molecule has 1 N–H and O–H groups in total. The van der Waals surface area contributed by atoms with Crippen molar-refractivity contribution < 1.29 is 13.2 Å². The van der Waals surface area contributed by atoms with Gasteiger partial charge in [0, 0.05) is 19.1 Å². The second kappa shape index (κ2) is 6.14. The highest BCUT2D eigenvalue weighted by atomic mass is 19.4. The van der Waals surface area contributed by atoms with Crippen LogP contribution in [0.4, 0.5) is 13.2 Å².